The molecule has 1 fully saturated rings. The Morgan fingerprint density at radius 2 is 2.14 bits per heavy atom. The van der Waals surface area contributed by atoms with E-state index >= 15 is 0 Å². The first kappa shape index (κ1) is 14.3. The quantitative estimate of drug-likeness (QED) is 0.862. The molecular formula is C15H15BrFN3O. The topological polar surface area (TPSA) is 47.0 Å². The summed E-state index contributed by atoms with van der Waals surface area (Å²) >= 11 is 3.30. The van der Waals surface area contributed by atoms with E-state index in [1.54, 1.807) is 18.2 Å². The monoisotopic (exact) mass is 351 g/mol. The van der Waals surface area contributed by atoms with E-state index in [1.165, 1.54) is 6.07 Å². The summed E-state index contributed by atoms with van der Waals surface area (Å²) < 4.78 is 20.1. The Labute approximate surface area is 130 Å². The molecule has 1 saturated carbocycles. The van der Waals surface area contributed by atoms with Crippen LogP contribution in [-0.4, -0.2) is 16.5 Å². The molecule has 1 aromatic heterocycles. The lowest BCUT2D eigenvalue weighted by atomic mass is 10.3. The van der Waals surface area contributed by atoms with Gasteiger partial charge in [0.2, 0.25) is 5.88 Å². The Hall–Kier alpha value is -1.69. The lowest BCUT2D eigenvalue weighted by Gasteiger charge is -2.10. The number of halogens is 2. The van der Waals surface area contributed by atoms with Crippen LogP contribution in [0.1, 0.15) is 31.5 Å². The van der Waals surface area contributed by atoms with Gasteiger partial charge >= 0.3 is 0 Å². The summed E-state index contributed by atoms with van der Waals surface area (Å²) in [6.07, 6.45) is 2.19. The predicted octanol–water partition coefficient (Wildman–Crippen LogP) is 4.48. The highest BCUT2D eigenvalue weighted by atomic mass is 79.9. The van der Waals surface area contributed by atoms with Crippen molar-refractivity contribution in [3.63, 3.8) is 0 Å². The molecule has 1 N–H and O–H groups in total. The summed E-state index contributed by atoms with van der Waals surface area (Å²) in [5.74, 6) is 1.96. The first-order chi connectivity index (χ1) is 10.2. The summed E-state index contributed by atoms with van der Waals surface area (Å²) in [6, 6.07) is 6.26. The van der Waals surface area contributed by atoms with Crippen molar-refractivity contribution in [2.45, 2.75) is 25.7 Å². The van der Waals surface area contributed by atoms with E-state index in [4.69, 9.17) is 4.74 Å². The maximum atomic E-state index is 13.8. The molecule has 0 aliphatic heterocycles. The Bertz CT molecular complexity index is 661. The molecule has 110 valence electrons. The fourth-order valence-corrected chi connectivity index (χ4v) is 2.30. The maximum absolute atomic E-state index is 13.8. The molecule has 0 atom stereocenters. The highest BCUT2D eigenvalue weighted by molar-refractivity contribution is 9.10. The van der Waals surface area contributed by atoms with Crippen LogP contribution >= 0.6 is 15.9 Å². The zero-order valence-corrected chi connectivity index (χ0v) is 13.2. The molecule has 3 rings (SSSR count). The number of benzene rings is 1. The molecule has 1 aromatic carbocycles. The molecule has 21 heavy (non-hydrogen) atoms. The molecule has 0 saturated heterocycles. The molecule has 0 amide bonds. The number of aromatic nitrogens is 2. The highest BCUT2D eigenvalue weighted by Crippen LogP contribution is 2.39. The van der Waals surface area contributed by atoms with Gasteiger partial charge in [-0.25, -0.2) is 9.37 Å². The van der Waals surface area contributed by atoms with Crippen LogP contribution < -0.4 is 10.1 Å². The van der Waals surface area contributed by atoms with Gasteiger partial charge in [-0.05, 0) is 38.0 Å². The molecular weight excluding hydrogens is 337 g/mol. The van der Waals surface area contributed by atoms with E-state index < -0.39 is 5.82 Å². The standard InChI is InChI=1S/C15H15BrFN3O/c1-2-18-13-8-14(20-15(19-13)9-3-4-9)21-12-7-10(16)5-6-11(12)17/h5-9H,2-4H2,1H3,(H,18,19,20). The Balaban J connectivity index is 1.91. The van der Waals surface area contributed by atoms with Crippen molar-refractivity contribution < 1.29 is 9.13 Å². The number of hydrogen-bond acceptors (Lipinski definition) is 4. The Kier molecular flexibility index (Phi) is 4.05. The number of hydrogen-bond donors (Lipinski definition) is 1. The van der Waals surface area contributed by atoms with Gasteiger partial charge in [-0.1, -0.05) is 15.9 Å². The second-order valence-electron chi connectivity index (χ2n) is 4.93. The van der Waals surface area contributed by atoms with E-state index in [1.807, 2.05) is 6.92 Å². The first-order valence-electron chi connectivity index (χ1n) is 6.91. The minimum atomic E-state index is -0.421. The fraction of sp³-hybridized carbons (Fsp3) is 0.333. The zero-order valence-electron chi connectivity index (χ0n) is 11.6. The molecule has 0 bridgehead atoms. The molecule has 6 heteroatoms. The number of nitrogens with zero attached hydrogens (tertiary/aromatic N) is 2. The Morgan fingerprint density at radius 3 is 2.86 bits per heavy atom. The molecule has 1 aliphatic carbocycles. The summed E-state index contributed by atoms with van der Waals surface area (Å²) in [5, 5.41) is 3.15. The third kappa shape index (κ3) is 3.50. The van der Waals surface area contributed by atoms with Gasteiger partial charge in [0.1, 0.15) is 11.6 Å². The number of nitrogens with one attached hydrogen (secondary N) is 1. The van der Waals surface area contributed by atoms with Gasteiger partial charge in [-0.2, -0.15) is 4.98 Å². The second-order valence-corrected chi connectivity index (χ2v) is 5.85. The third-order valence-corrected chi connectivity index (χ3v) is 3.62. The molecule has 1 aliphatic rings. The molecule has 0 spiro atoms. The normalized spacial score (nSPS) is 14.0. The number of rotatable bonds is 5. The van der Waals surface area contributed by atoms with Crippen LogP contribution in [0.3, 0.4) is 0 Å². The van der Waals surface area contributed by atoms with E-state index in [2.05, 4.69) is 31.2 Å². The van der Waals surface area contributed by atoms with Crippen molar-refractivity contribution in [1.82, 2.24) is 9.97 Å². The van der Waals surface area contributed by atoms with Crippen LogP contribution in [0.2, 0.25) is 0 Å². The van der Waals surface area contributed by atoms with Crippen molar-refractivity contribution in [2.75, 3.05) is 11.9 Å². The highest BCUT2D eigenvalue weighted by Gasteiger charge is 2.27. The van der Waals surface area contributed by atoms with Crippen LogP contribution in [0.4, 0.5) is 10.2 Å². The summed E-state index contributed by atoms with van der Waals surface area (Å²) in [5.41, 5.74) is 0. The number of ether oxygens (including phenoxy) is 1. The predicted molar refractivity (Wildman–Crippen MR) is 82.3 cm³/mol. The molecule has 2 aromatic rings. The Morgan fingerprint density at radius 1 is 1.33 bits per heavy atom. The van der Waals surface area contributed by atoms with Crippen molar-refractivity contribution in [3.8, 4) is 11.6 Å². The molecule has 4 nitrogen and oxygen atoms in total. The van der Waals surface area contributed by atoms with Crippen molar-refractivity contribution in [1.29, 1.82) is 0 Å². The van der Waals surface area contributed by atoms with Gasteiger partial charge in [-0.3, -0.25) is 0 Å². The summed E-state index contributed by atoms with van der Waals surface area (Å²) in [4.78, 5) is 8.85. The van der Waals surface area contributed by atoms with Crippen LogP contribution in [0.15, 0.2) is 28.7 Å². The van der Waals surface area contributed by atoms with E-state index in [-0.39, 0.29) is 5.75 Å². The van der Waals surface area contributed by atoms with Gasteiger partial charge < -0.3 is 10.1 Å². The van der Waals surface area contributed by atoms with Gasteiger partial charge in [-0.15, -0.1) is 0 Å². The smallest absolute Gasteiger partial charge is 0.224 e. The maximum Gasteiger partial charge on any atom is 0.224 e. The lowest BCUT2D eigenvalue weighted by molar-refractivity contribution is 0.424. The number of anilines is 1. The second kappa shape index (κ2) is 5.97. The summed E-state index contributed by atoms with van der Waals surface area (Å²) in [7, 11) is 0. The average molecular weight is 352 g/mol. The van der Waals surface area contributed by atoms with Gasteiger partial charge in [0.25, 0.3) is 0 Å². The van der Waals surface area contributed by atoms with Crippen LogP contribution in [-0.2, 0) is 0 Å². The lowest BCUT2D eigenvalue weighted by Crippen LogP contribution is -2.04. The van der Waals surface area contributed by atoms with Crippen LogP contribution in [0.25, 0.3) is 0 Å². The zero-order chi connectivity index (χ0) is 14.8. The van der Waals surface area contributed by atoms with Crippen molar-refractivity contribution >= 4 is 21.7 Å². The van der Waals surface area contributed by atoms with E-state index in [0.29, 0.717) is 17.6 Å². The van der Waals surface area contributed by atoms with Gasteiger partial charge in [0, 0.05) is 23.0 Å². The average Bonchev–Trinajstić information content (AvgIpc) is 3.28. The minimum Gasteiger partial charge on any atom is -0.436 e. The largest absolute Gasteiger partial charge is 0.436 e. The molecule has 1 heterocycles. The molecule has 0 radical (unpaired) electrons. The van der Waals surface area contributed by atoms with Gasteiger partial charge in [0.15, 0.2) is 11.6 Å². The van der Waals surface area contributed by atoms with Crippen molar-refractivity contribution in [3.05, 3.63) is 40.4 Å². The summed E-state index contributed by atoms with van der Waals surface area (Å²) in [6.45, 7) is 2.75. The third-order valence-electron chi connectivity index (χ3n) is 3.13. The fourth-order valence-electron chi connectivity index (χ4n) is 1.96. The molecule has 0 unspecified atom stereocenters. The van der Waals surface area contributed by atoms with Crippen LogP contribution in [0.5, 0.6) is 11.6 Å². The van der Waals surface area contributed by atoms with Crippen molar-refractivity contribution in [2.24, 2.45) is 0 Å². The van der Waals surface area contributed by atoms with E-state index in [9.17, 15) is 4.39 Å². The SMILES string of the molecule is CCNc1cc(Oc2cc(Br)ccc2F)nc(C2CC2)n1. The van der Waals surface area contributed by atoms with E-state index in [0.717, 1.165) is 29.7 Å². The van der Waals surface area contributed by atoms with Gasteiger partial charge in [0.05, 0.1) is 0 Å². The van der Waals surface area contributed by atoms with Crippen LogP contribution in [0, 0.1) is 5.82 Å². The first-order valence-corrected chi connectivity index (χ1v) is 7.70. The minimum absolute atomic E-state index is 0.146.